The predicted octanol–water partition coefficient (Wildman–Crippen LogP) is 2.45. The number of rotatable bonds is 8. The van der Waals surface area contributed by atoms with Crippen LogP contribution in [0.4, 0.5) is 4.39 Å². The normalized spacial score (nSPS) is 22.0. The highest BCUT2D eigenvalue weighted by atomic mass is 19.1. The lowest BCUT2D eigenvalue weighted by atomic mass is 9.67. The molecule has 192 valence electrons. The summed E-state index contributed by atoms with van der Waals surface area (Å²) in [6.45, 7) is 9.22. The van der Waals surface area contributed by atoms with E-state index in [9.17, 15) is 14.0 Å². The van der Waals surface area contributed by atoms with Gasteiger partial charge in [0.15, 0.2) is 5.82 Å². The minimum absolute atomic E-state index is 0.176. The molecule has 1 N–H and O–H groups in total. The lowest BCUT2D eigenvalue weighted by Gasteiger charge is -2.45. The van der Waals surface area contributed by atoms with Gasteiger partial charge >= 0.3 is 5.69 Å². The summed E-state index contributed by atoms with van der Waals surface area (Å²) in [6.07, 6.45) is 3.28. The van der Waals surface area contributed by atoms with E-state index in [2.05, 4.69) is 34.3 Å². The molecule has 4 rings (SSSR count). The Morgan fingerprint density at radius 1 is 1.22 bits per heavy atom. The summed E-state index contributed by atoms with van der Waals surface area (Å²) in [6, 6.07) is 8.02. The van der Waals surface area contributed by atoms with Gasteiger partial charge in [-0.2, -0.15) is 0 Å². The zero-order valence-electron chi connectivity index (χ0n) is 21.4. The highest BCUT2D eigenvalue weighted by molar-refractivity contribution is 5.18. The second kappa shape index (κ2) is 10.3. The molecular formula is C26H34FN7O2. The molecule has 0 spiro atoms. The number of halogens is 1. The van der Waals surface area contributed by atoms with Crippen LogP contribution in [0.1, 0.15) is 50.2 Å². The van der Waals surface area contributed by atoms with E-state index in [0.717, 1.165) is 35.0 Å². The van der Waals surface area contributed by atoms with Crippen LogP contribution in [-0.2, 0) is 39.1 Å². The van der Waals surface area contributed by atoms with Crippen molar-refractivity contribution in [1.82, 2.24) is 34.7 Å². The number of benzene rings is 1. The lowest BCUT2D eigenvalue weighted by molar-refractivity contribution is 0.106. The number of aryl methyl sites for hydroxylation is 2. The van der Waals surface area contributed by atoms with Gasteiger partial charge in [-0.05, 0) is 72.6 Å². The largest absolute Gasteiger partial charge is 0.330 e. The van der Waals surface area contributed by atoms with Gasteiger partial charge < -0.3 is 0 Å². The summed E-state index contributed by atoms with van der Waals surface area (Å²) in [4.78, 5) is 24.8. The summed E-state index contributed by atoms with van der Waals surface area (Å²) >= 11 is 0. The summed E-state index contributed by atoms with van der Waals surface area (Å²) < 4.78 is 18.1. The van der Waals surface area contributed by atoms with E-state index in [-0.39, 0.29) is 28.9 Å². The van der Waals surface area contributed by atoms with Crippen molar-refractivity contribution < 1.29 is 4.39 Å². The SMILES string of the molecule is C=C(C)[C@@H]1CC[C@@H](C)C(NCc2cc(=O)n(C)c(=O)n2C)(c2nnnn2CCc2cccc(F)c2)C1. The van der Waals surface area contributed by atoms with Gasteiger partial charge in [0.25, 0.3) is 5.56 Å². The van der Waals surface area contributed by atoms with Gasteiger partial charge in [-0.1, -0.05) is 31.2 Å². The zero-order chi connectivity index (χ0) is 26.0. The average molecular weight is 496 g/mol. The molecule has 1 unspecified atom stereocenters. The van der Waals surface area contributed by atoms with Crippen LogP contribution in [0, 0.1) is 17.7 Å². The van der Waals surface area contributed by atoms with E-state index >= 15 is 0 Å². The molecule has 0 bridgehead atoms. The molecule has 2 aromatic heterocycles. The Hall–Kier alpha value is -3.40. The van der Waals surface area contributed by atoms with Crippen molar-refractivity contribution >= 4 is 0 Å². The van der Waals surface area contributed by atoms with Gasteiger partial charge in [-0.25, -0.2) is 13.9 Å². The molecule has 1 aliphatic rings. The Morgan fingerprint density at radius 2 is 2.00 bits per heavy atom. The highest BCUT2D eigenvalue weighted by Crippen LogP contribution is 2.45. The molecular weight excluding hydrogens is 461 g/mol. The summed E-state index contributed by atoms with van der Waals surface area (Å²) in [7, 11) is 3.13. The predicted molar refractivity (Wildman–Crippen MR) is 135 cm³/mol. The van der Waals surface area contributed by atoms with Gasteiger partial charge in [-0.3, -0.25) is 19.2 Å². The minimum atomic E-state index is -0.607. The van der Waals surface area contributed by atoms with E-state index in [1.54, 1.807) is 17.8 Å². The van der Waals surface area contributed by atoms with E-state index < -0.39 is 5.54 Å². The summed E-state index contributed by atoms with van der Waals surface area (Å²) in [5.41, 5.74) is 1.23. The fourth-order valence-corrected chi connectivity index (χ4v) is 5.25. The van der Waals surface area contributed by atoms with Gasteiger partial charge in [0, 0.05) is 38.9 Å². The van der Waals surface area contributed by atoms with E-state index in [1.807, 2.05) is 13.0 Å². The second-order valence-corrected chi connectivity index (χ2v) is 10.0. The van der Waals surface area contributed by atoms with Gasteiger partial charge in [0.05, 0.1) is 5.54 Å². The van der Waals surface area contributed by atoms with Crippen LogP contribution < -0.4 is 16.6 Å². The molecule has 3 atom stereocenters. The standard InChI is InChI=1S/C26H34FN7O2/c1-17(2)20-10-9-18(3)26(15-20,28-16-22-14-23(35)33(5)25(36)32(22)4)24-29-30-31-34(24)12-11-19-7-6-8-21(27)13-19/h6-8,13-14,18,20,28H,1,9-12,15-16H2,2-5H3/t18-,20-,26?/m1/s1. The first-order chi connectivity index (χ1) is 17.1. The average Bonchev–Trinajstić information content (AvgIpc) is 3.33. The quantitative estimate of drug-likeness (QED) is 0.482. The van der Waals surface area contributed by atoms with Gasteiger partial charge in [0.2, 0.25) is 0 Å². The summed E-state index contributed by atoms with van der Waals surface area (Å²) in [5, 5.41) is 16.4. The first-order valence-electron chi connectivity index (χ1n) is 12.3. The van der Waals surface area contributed by atoms with Crippen molar-refractivity contribution in [3.63, 3.8) is 0 Å². The third-order valence-corrected chi connectivity index (χ3v) is 7.70. The van der Waals surface area contributed by atoms with Gasteiger partial charge in [-0.15, -0.1) is 5.10 Å². The van der Waals surface area contributed by atoms with Crippen molar-refractivity contribution in [3.05, 3.63) is 86.2 Å². The summed E-state index contributed by atoms with van der Waals surface area (Å²) in [5.74, 6) is 0.878. The monoisotopic (exact) mass is 495 g/mol. The van der Waals surface area contributed by atoms with Crippen LogP contribution in [0.5, 0.6) is 0 Å². The first-order valence-corrected chi connectivity index (χ1v) is 12.3. The topological polar surface area (TPSA) is 99.6 Å². The van der Waals surface area contributed by atoms with Gasteiger partial charge in [0.1, 0.15) is 5.82 Å². The number of nitrogens with zero attached hydrogens (tertiary/aromatic N) is 6. The highest BCUT2D eigenvalue weighted by Gasteiger charge is 2.47. The maximum Gasteiger partial charge on any atom is 0.330 e. The maximum atomic E-state index is 13.7. The second-order valence-electron chi connectivity index (χ2n) is 10.0. The first kappa shape index (κ1) is 25.7. The van der Waals surface area contributed by atoms with E-state index in [1.165, 1.54) is 29.8 Å². The fraction of sp³-hybridized carbons (Fsp3) is 0.500. The number of nitrogens with one attached hydrogen (secondary N) is 1. The van der Waals surface area contributed by atoms with E-state index in [0.29, 0.717) is 31.0 Å². The number of hydrogen-bond acceptors (Lipinski definition) is 6. The third-order valence-electron chi connectivity index (χ3n) is 7.70. The number of allylic oxidation sites excluding steroid dienone is 1. The van der Waals surface area contributed by atoms with Crippen LogP contribution in [0.25, 0.3) is 0 Å². The molecule has 9 nitrogen and oxygen atoms in total. The molecule has 0 aliphatic heterocycles. The number of aromatic nitrogens is 6. The van der Waals surface area contributed by atoms with Crippen LogP contribution in [0.2, 0.25) is 0 Å². The Kier molecular flexibility index (Phi) is 7.35. The molecule has 0 amide bonds. The molecule has 0 saturated heterocycles. The van der Waals surface area contributed by atoms with Crippen LogP contribution in [-0.4, -0.2) is 29.3 Å². The van der Waals surface area contributed by atoms with Crippen molar-refractivity contribution in [2.24, 2.45) is 25.9 Å². The Bertz CT molecular complexity index is 1380. The zero-order valence-corrected chi connectivity index (χ0v) is 21.4. The Balaban J connectivity index is 1.70. The number of tetrazole rings is 1. The van der Waals surface area contributed by atoms with E-state index in [4.69, 9.17) is 0 Å². The van der Waals surface area contributed by atoms with Crippen molar-refractivity contribution in [2.45, 2.75) is 58.2 Å². The molecule has 2 heterocycles. The lowest BCUT2D eigenvalue weighted by Crippen LogP contribution is -2.53. The molecule has 1 aromatic carbocycles. The smallest absolute Gasteiger partial charge is 0.299 e. The maximum absolute atomic E-state index is 13.7. The Morgan fingerprint density at radius 3 is 2.72 bits per heavy atom. The van der Waals surface area contributed by atoms with Crippen LogP contribution >= 0.6 is 0 Å². The molecule has 36 heavy (non-hydrogen) atoms. The molecule has 1 fully saturated rings. The van der Waals surface area contributed by atoms with Crippen LogP contribution in [0.3, 0.4) is 0 Å². The fourth-order valence-electron chi connectivity index (χ4n) is 5.25. The molecule has 1 saturated carbocycles. The third kappa shape index (κ3) is 4.95. The minimum Gasteiger partial charge on any atom is -0.299 e. The number of hydrogen-bond donors (Lipinski definition) is 1. The van der Waals surface area contributed by atoms with Crippen molar-refractivity contribution in [2.75, 3.05) is 0 Å². The molecule has 1 aliphatic carbocycles. The van der Waals surface area contributed by atoms with Crippen molar-refractivity contribution in [1.29, 1.82) is 0 Å². The Labute approximate surface area is 209 Å². The molecule has 10 heteroatoms. The van der Waals surface area contributed by atoms with Crippen LogP contribution in [0.15, 0.2) is 52.1 Å². The van der Waals surface area contributed by atoms with Crippen molar-refractivity contribution in [3.8, 4) is 0 Å². The molecule has 3 aromatic rings. The molecule has 0 radical (unpaired) electrons.